The topological polar surface area (TPSA) is 58.6 Å². The molecule has 1 N–H and O–H groups in total. The lowest BCUT2D eigenvalue weighted by Crippen LogP contribution is -2.47. The summed E-state index contributed by atoms with van der Waals surface area (Å²) < 4.78 is 18.9. The number of piperidine rings is 1. The van der Waals surface area contributed by atoms with Crippen molar-refractivity contribution in [1.82, 2.24) is 10.2 Å². The molecule has 3 aromatic carbocycles. The second-order valence-corrected chi connectivity index (χ2v) is 9.08. The minimum Gasteiger partial charge on any atom is -0.445 e. The van der Waals surface area contributed by atoms with Gasteiger partial charge in [-0.1, -0.05) is 72.8 Å². The van der Waals surface area contributed by atoms with Gasteiger partial charge in [0.05, 0.1) is 0 Å². The number of hydrogen-bond donors (Lipinski definition) is 1. The molecule has 1 aliphatic heterocycles. The van der Waals surface area contributed by atoms with Crippen LogP contribution >= 0.6 is 0 Å². The SMILES string of the molecule is O=C(CC1(c2ccccc2)CCN(C(=O)OCc2ccccc2)CC1)NCCc1cccc(F)c1. The van der Waals surface area contributed by atoms with E-state index in [2.05, 4.69) is 17.4 Å². The Morgan fingerprint density at radius 3 is 2.23 bits per heavy atom. The number of amides is 2. The number of hydrogen-bond acceptors (Lipinski definition) is 3. The van der Waals surface area contributed by atoms with Crippen molar-refractivity contribution in [1.29, 1.82) is 0 Å². The Balaban J connectivity index is 1.34. The summed E-state index contributed by atoms with van der Waals surface area (Å²) in [5, 5.41) is 3.00. The zero-order valence-corrected chi connectivity index (χ0v) is 19.8. The molecule has 0 saturated carbocycles. The van der Waals surface area contributed by atoms with Crippen molar-refractivity contribution in [3.05, 3.63) is 107 Å². The predicted octanol–water partition coefficient (Wildman–Crippen LogP) is 5.25. The van der Waals surface area contributed by atoms with Crippen molar-refractivity contribution < 1.29 is 18.7 Å². The first-order chi connectivity index (χ1) is 17.0. The highest BCUT2D eigenvalue weighted by Crippen LogP contribution is 2.39. The smallest absolute Gasteiger partial charge is 0.410 e. The normalized spacial score (nSPS) is 14.8. The predicted molar refractivity (Wildman–Crippen MR) is 133 cm³/mol. The molecular formula is C29H31FN2O3. The lowest BCUT2D eigenvalue weighted by atomic mass is 9.70. The number of likely N-dealkylation sites (tertiary alicyclic amines) is 1. The number of halogens is 1. The molecule has 0 atom stereocenters. The fourth-order valence-electron chi connectivity index (χ4n) is 4.70. The minimum absolute atomic E-state index is 0.0367. The summed E-state index contributed by atoms with van der Waals surface area (Å²) in [6, 6.07) is 26.1. The summed E-state index contributed by atoms with van der Waals surface area (Å²) in [5.41, 5.74) is 2.56. The lowest BCUT2D eigenvalue weighted by molar-refractivity contribution is -0.122. The van der Waals surface area contributed by atoms with Gasteiger partial charge in [0.1, 0.15) is 12.4 Å². The van der Waals surface area contributed by atoms with Crippen LogP contribution in [-0.4, -0.2) is 36.5 Å². The van der Waals surface area contributed by atoms with Crippen LogP contribution < -0.4 is 5.32 Å². The largest absolute Gasteiger partial charge is 0.445 e. The van der Waals surface area contributed by atoms with Gasteiger partial charge in [-0.2, -0.15) is 0 Å². The van der Waals surface area contributed by atoms with Crippen LogP contribution in [-0.2, 0) is 28.0 Å². The van der Waals surface area contributed by atoms with E-state index in [0.29, 0.717) is 45.3 Å². The molecule has 1 saturated heterocycles. The third kappa shape index (κ3) is 6.69. The molecule has 0 aromatic heterocycles. The van der Waals surface area contributed by atoms with Crippen LogP contribution in [0.2, 0.25) is 0 Å². The number of rotatable bonds is 8. The average Bonchev–Trinajstić information content (AvgIpc) is 2.89. The Hall–Kier alpha value is -3.67. The first kappa shape index (κ1) is 24.5. The monoisotopic (exact) mass is 474 g/mol. The van der Waals surface area contributed by atoms with Crippen LogP contribution in [0.1, 0.15) is 36.0 Å². The maximum atomic E-state index is 13.4. The summed E-state index contributed by atoms with van der Waals surface area (Å²) in [7, 11) is 0. The summed E-state index contributed by atoms with van der Waals surface area (Å²) in [6.07, 6.45) is 1.94. The van der Waals surface area contributed by atoms with Crippen molar-refractivity contribution in [2.75, 3.05) is 19.6 Å². The number of ether oxygens (including phenoxy) is 1. The number of carbonyl (C=O) groups excluding carboxylic acids is 2. The Kier molecular flexibility index (Phi) is 8.14. The van der Waals surface area contributed by atoms with Gasteiger partial charge in [-0.15, -0.1) is 0 Å². The van der Waals surface area contributed by atoms with Crippen LogP contribution in [0, 0.1) is 5.82 Å². The quantitative estimate of drug-likeness (QED) is 0.485. The van der Waals surface area contributed by atoms with E-state index < -0.39 is 0 Å². The van der Waals surface area contributed by atoms with E-state index in [-0.39, 0.29) is 29.8 Å². The van der Waals surface area contributed by atoms with E-state index in [1.54, 1.807) is 11.0 Å². The molecule has 4 rings (SSSR count). The molecule has 5 nitrogen and oxygen atoms in total. The van der Waals surface area contributed by atoms with Gasteiger partial charge in [0, 0.05) is 31.5 Å². The Bertz CT molecular complexity index is 1110. The molecule has 0 radical (unpaired) electrons. The average molecular weight is 475 g/mol. The van der Waals surface area contributed by atoms with E-state index in [1.807, 2.05) is 54.6 Å². The van der Waals surface area contributed by atoms with Crippen LogP contribution in [0.15, 0.2) is 84.9 Å². The molecule has 0 aliphatic carbocycles. The second kappa shape index (κ2) is 11.6. The van der Waals surface area contributed by atoms with Crippen molar-refractivity contribution >= 4 is 12.0 Å². The molecule has 1 fully saturated rings. The number of carbonyl (C=O) groups is 2. The first-order valence-electron chi connectivity index (χ1n) is 12.1. The Morgan fingerprint density at radius 1 is 0.886 bits per heavy atom. The highest BCUT2D eigenvalue weighted by Gasteiger charge is 2.39. The summed E-state index contributed by atoms with van der Waals surface area (Å²) >= 11 is 0. The van der Waals surface area contributed by atoms with E-state index in [4.69, 9.17) is 4.74 Å². The highest BCUT2D eigenvalue weighted by molar-refractivity contribution is 5.78. The molecule has 6 heteroatoms. The standard InChI is InChI=1S/C29H31FN2O3/c30-26-13-7-10-23(20-26)14-17-31-27(33)21-29(25-11-5-2-6-12-25)15-18-32(19-16-29)28(34)35-22-24-8-3-1-4-9-24/h1-13,20H,14-19,21-22H2,(H,31,33). The first-order valence-corrected chi connectivity index (χ1v) is 12.1. The molecule has 35 heavy (non-hydrogen) atoms. The highest BCUT2D eigenvalue weighted by atomic mass is 19.1. The third-order valence-corrected chi connectivity index (χ3v) is 6.69. The number of nitrogens with one attached hydrogen (secondary N) is 1. The molecule has 0 unspecified atom stereocenters. The van der Waals surface area contributed by atoms with Crippen molar-refractivity contribution in [2.45, 2.75) is 37.7 Å². The van der Waals surface area contributed by atoms with E-state index in [9.17, 15) is 14.0 Å². The van der Waals surface area contributed by atoms with Gasteiger partial charge in [-0.25, -0.2) is 9.18 Å². The Morgan fingerprint density at radius 2 is 1.54 bits per heavy atom. The molecule has 182 valence electrons. The second-order valence-electron chi connectivity index (χ2n) is 9.08. The fourth-order valence-corrected chi connectivity index (χ4v) is 4.70. The van der Waals surface area contributed by atoms with Crippen molar-refractivity contribution in [2.24, 2.45) is 0 Å². The molecule has 0 spiro atoms. The van der Waals surface area contributed by atoms with Crippen LogP contribution in [0.4, 0.5) is 9.18 Å². The maximum Gasteiger partial charge on any atom is 0.410 e. The van der Waals surface area contributed by atoms with Gasteiger partial charge in [0.25, 0.3) is 0 Å². The zero-order chi connectivity index (χ0) is 24.5. The van der Waals surface area contributed by atoms with Crippen LogP contribution in [0.25, 0.3) is 0 Å². The van der Waals surface area contributed by atoms with Gasteiger partial charge in [0.2, 0.25) is 5.91 Å². The molecule has 0 bridgehead atoms. The van der Waals surface area contributed by atoms with Crippen LogP contribution in [0.5, 0.6) is 0 Å². The van der Waals surface area contributed by atoms with Crippen LogP contribution in [0.3, 0.4) is 0 Å². The fraction of sp³-hybridized carbons (Fsp3) is 0.310. The number of benzene rings is 3. The molecule has 3 aromatic rings. The molecule has 1 heterocycles. The maximum absolute atomic E-state index is 13.4. The van der Waals surface area contributed by atoms with E-state index >= 15 is 0 Å². The lowest BCUT2D eigenvalue weighted by Gasteiger charge is -2.41. The summed E-state index contributed by atoms with van der Waals surface area (Å²) in [5.74, 6) is -0.309. The van der Waals surface area contributed by atoms with Crippen molar-refractivity contribution in [3.63, 3.8) is 0 Å². The number of nitrogens with zero attached hydrogens (tertiary/aromatic N) is 1. The van der Waals surface area contributed by atoms with Gasteiger partial charge >= 0.3 is 6.09 Å². The zero-order valence-electron chi connectivity index (χ0n) is 19.8. The van der Waals surface area contributed by atoms with Gasteiger partial charge in [-0.3, -0.25) is 4.79 Å². The molecule has 2 amide bonds. The van der Waals surface area contributed by atoms with Gasteiger partial charge in [0.15, 0.2) is 0 Å². The molecular weight excluding hydrogens is 443 g/mol. The van der Waals surface area contributed by atoms with Gasteiger partial charge < -0.3 is 15.0 Å². The summed E-state index contributed by atoms with van der Waals surface area (Å²) in [4.78, 5) is 27.3. The Labute approximate surface area is 205 Å². The third-order valence-electron chi connectivity index (χ3n) is 6.69. The van der Waals surface area contributed by atoms with Gasteiger partial charge in [-0.05, 0) is 48.1 Å². The minimum atomic E-state index is -0.347. The molecule has 1 aliphatic rings. The van der Waals surface area contributed by atoms with E-state index in [1.165, 1.54) is 12.1 Å². The van der Waals surface area contributed by atoms with E-state index in [0.717, 1.165) is 16.7 Å². The van der Waals surface area contributed by atoms with Crippen molar-refractivity contribution in [3.8, 4) is 0 Å². The summed E-state index contributed by atoms with van der Waals surface area (Å²) in [6.45, 7) is 1.75.